The zero-order valence-electron chi connectivity index (χ0n) is 7.11. The van der Waals surface area contributed by atoms with E-state index in [9.17, 15) is 4.79 Å². The highest BCUT2D eigenvalue weighted by molar-refractivity contribution is 5.48. The first-order valence-corrected chi connectivity index (χ1v) is 3.77. The maximum atomic E-state index is 9.94. The fourth-order valence-corrected chi connectivity index (χ4v) is 0.875. The second-order valence-electron chi connectivity index (χ2n) is 2.83. The Kier molecular flexibility index (Phi) is 2.72. The van der Waals surface area contributed by atoms with Crippen LogP contribution in [0.15, 0.2) is 23.5 Å². The molecular weight excluding hydrogens is 152 g/mol. The molecule has 1 aromatic rings. The van der Waals surface area contributed by atoms with Gasteiger partial charge in [-0.05, 0) is 17.5 Å². The Balaban J connectivity index is 3.03. The summed E-state index contributed by atoms with van der Waals surface area (Å²) in [5, 5.41) is 0. The molecule has 12 heavy (non-hydrogen) atoms. The maximum Gasteiger partial charge on any atom is 0.240 e. The van der Waals surface area contributed by atoms with E-state index in [0.717, 1.165) is 5.56 Å². The zero-order valence-corrected chi connectivity index (χ0v) is 7.11. The summed E-state index contributed by atoms with van der Waals surface area (Å²) >= 11 is 0. The summed E-state index contributed by atoms with van der Waals surface area (Å²) in [5.74, 6) is 0.402. The lowest BCUT2D eigenvalue weighted by atomic mass is 10.1. The Morgan fingerprint density at radius 2 is 2.25 bits per heavy atom. The van der Waals surface area contributed by atoms with E-state index in [1.807, 2.05) is 6.07 Å². The molecule has 0 bridgehead atoms. The number of carbonyl (C=O) groups excluding carboxylic acids is 1. The molecule has 62 valence electrons. The van der Waals surface area contributed by atoms with Gasteiger partial charge in [-0.2, -0.15) is 4.99 Å². The van der Waals surface area contributed by atoms with E-state index in [-0.39, 0.29) is 0 Å². The van der Waals surface area contributed by atoms with Crippen LogP contribution in [0.2, 0.25) is 0 Å². The van der Waals surface area contributed by atoms with Crippen LogP contribution >= 0.6 is 0 Å². The largest absolute Gasteiger partial charge is 0.262 e. The summed E-state index contributed by atoms with van der Waals surface area (Å²) in [6.45, 7) is 4.12. The molecule has 0 saturated heterocycles. The molecule has 3 nitrogen and oxygen atoms in total. The molecule has 0 unspecified atom stereocenters. The third kappa shape index (κ3) is 2.01. The average Bonchev–Trinajstić information content (AvgIpc) is 2.05. The van der Waals surface area contributed by atoms with Crippen molar-refractivity contribution < 1.29 is 4.79 Å². The summed E-state index contributed by atoms with van der Waals surface area (Å²) in [6.07, 6.45) is 4.80. The molecule has 0 aliphatic carbocycles. The number of isocyanates is 1. The Labute approximate surface area is 71.2 Å². The standard InChI is InChI=1S/C9H10N2O/c1-7(2)8-3-9(11-6-12)5-10-4-8/h3-5,7H,1-2H3. The highest BCUT2D eigenvalue weighted by Crippen LogP contribution is 2.18. The Morgan fingerprint density at radius 1 is 1.50 bits per heavy atom. The van der Waals surface area contributed by atoms with Crippen molar-refractivity contribution in [3.8, 4) is 0 Å². The van der Waals surface area contributed by atoms with Gasteiger partial charge in [0.1, 0.15) is 0 Å². The van der Waals surface area contributed by atoms with Gasteiger partial charge in [0.2, 0.25) is 6.08 Å². The van der Waals surface area contributed by atoms with Crippen LogP contribution in [0, 0.1) is 0 Å². The summed E-state index contributed by atoms with van der Waals surface area (Å²) in [5.41, 5.74) is 1.64. The molecule has 0 N–H and O–H groups in total. The number of hydrogen-bond acceptors (Lipinski definition) is 3. The van der Waals surface area contributed by atoms with Crippen molar-refractivity contribution in [3.05, 3.63) is 24.0 Å². The van der Waals surface area contributed by atoms with Crippen LogP contribution < -0.4 is 0 Å². The van der Waals surface area contributed by atoms with E-state index in [1.165, 1.54) is 12.3 Å². The van der Waals surface area contributed by atoms with Crippen LogP contribution in [-0.2, 0) is 4.79 Å². The van der Waals surface area contributed by atoms with E-state index in [4.69, 9.17) is 0 Å². The Bertz CT molecular complexity index is 314. The van der Waals surface area contributed by atoms with Crippen molar-refractivity contribution in [2.45, 2.75) is 19.8 Å². The third-order valence-corrected chi connectivity index (χ3v) is 1.59. The number of rotatable bonds is 2. The second kappa shape index (κ2) is 3.79. The van der Waals surface area contributed by atoms with Gasteiger partial charge in [0.15, 0.2) is 0 Å². The number of hydrogen-bond donors (Lipinski definition) is 0. The molecule has 0 spiro atoms. The smallest absolute Gasteiger partial charge is 0.240 e. The normalized spacial score (nSPS) is 9.58. The van der Waals surface area contributed by atoms with Gasteiger partial charge in [-0.15, -0.1) is 0 Å². The van der Waals surface area contributed by atoms with Crippen molar-refractivity contribution in [2.75, 3.05) is 0 Å². The SMILES string of the molecule is CC(C)c1cncc(N=C=O)c1. The van der Waals surface area contributed by atoms with Crippen LogP contribution in [-0.4, -0.2) is 11.1 Å². The van der Waals surface area contributed by atoms with E-state index in [0.29, 0.717) is 11.6 Å². The molecule has 0 aromatic carbocycles. The lowest BCUT2D eigenvalue weighted by Gasteiger charge is -2.03. The summed E-state index contributed by atoms with van der Waals surface area (Å²) in [6, 6.07) is 1.84. The number of nitrogens with zero attached hydrogens (tertiary/aromatic N) is 2. The molecule has 1 rings (SSSR count). The first-order valence-electron chi connectivity index (χ1n) is 3.77. The molecular formula is C9H10N2O. The van der Waals surface area contributed by atoms with Crippen molar-refractivity contribution >= 4 is 11.8 Å². The van der Waals surface area contributed by atoms with Crippen LogP contribution in [0.5, 0.6) is 0 Å². The topological polar surface area (TPSA) is 42.3 Å². The molecule has 1 heterocycles. The first kappa shape index (κ1) is 8.62. The quantitative estimate of drug-likeness (QED) is 0.494. The summed E-state index contributed by atoms with van der Waals surface area (Å²) < 4.78 is 0. The van der Waals surface area contributed by atoms with E-state index in [1.54, 1.807) is 6.20 Å². The van der Waals surface area contributed by atoms with Crippen molar-refractivity contribution in [2.24, 2.45) is 4.99 Å². The molecule has 0 aliphatic heterocycles. The molecule has 0 atom stereocenters. The summed E-state index contributed by atoms with van der Waals surface area (Å²) in [7, 11) is 0. The lowest BCUT2D eigenvalue weighted by molar-refractivity contribution is 0.565. The van der Waals surface area contributed by atoms with Gasteiger partial charge in [-0.1, -0.05) is 13.8 Å². The number of aliphatic imine (C=N–C) groups is 1. The minimum atomic E-state index is 0.402. The van der Waals surface area contributed by atoms with Crippen LogP contribution in [0.4, 0.5) is 5.69 Å². The molecule has 0 fully saturated rings. The van der Waals surface area contributed by atoms with Crippen LogP contribution in [0.25, 0.3) is 0 Å². The number of pyridine rings is 1. The van der Waals surface area contributed by atoms with Crippen molar-refractivity contribution in [3.63, 3.8) is 0 Å². The minimum Gasteiger partial charge on any atom is -0.262 e. The molecule has 0 aliphatic rings. The maximum absolute atomic E-state index is 9.94. The van der Waals surface area contributed by atoms with Crippen LogP contribution in [0.3, 0.4) is 0 Å². The predicted molar refractivity (Wildman–Crippen MR) is 46.1 cm³/mol. The Hall–Kier alpha value is -1.47. The highest BCUT2D eigenvalue weighted by atomic mass is 16.1. The van der Waals surface area contributed by atoms with Gasteiger partial charge in [-0.25, -0.2) is 4.79 Å². The summed E-state index contributed by atoms with van der Waals surface area (Å²) in [4.78, 5) is 17.4. The van der Waals surface area contributed by atoms with E-state index < -0.39 is 0 Å². The van der Waals surface area contributed by atoms with Crippen molar-refractivity contribution in [1.29, 1.82) is 0 Å². The Morgan fingerprint density at radius 3 is 2.83 bits per heavy atom. The molecule has 3 heteroatoms. The zero-order chi connectivity index (χ0) is 8.97. The fourth-order valence-electron chi connectivity index (χ4n) is 0.875. The molecule has 0 amide bonds. The van der Waals surface area contributed by atoms with Crippen molar-refractivity contribution in [1.82, 2.24) is 4.98 Å². The molecule has 1 aromatic heterocycles. The predicted octanol–water partition coefficient (Wildman–Crippen LogP) is 2.17. The van der Waals surface area contributed by atoms with Gasteiger partial charge in [0.05, 0.1) is 11.9 Å². The second-order valence-corrected chi connectivity index (χ2v) is 2.83. The fraction of sp³-hybridized carbons (Fsp3) is 0.333. The monoisotopic (exact) mass is 162 g/mol. The van der Waals surface area contributed by atoms with E-state index >= 15 is 0 Å². The van der Waals surface area contributed by atoms with E-state index in [2.05, 4.69) is 23.8 Å². The highest BCUT2D eigenvalue weighted by Gasteiger charge is 1.99. The molecule has 0 radical (unpaired) electrons. The minimum absolute atomic E-state index is 0.402. The average molecular weight is 162 g/mol. The van der Waals surface area contributed by atoms with Gasteiger partial charge < -0.3 is 0 Å². The van der Waals surface area contributed by atoms with Gasteiger partial charge in [-0.3, -0.25) is 4.98 Å². The number of aromatic nitrogens is 1. The van der Waals surface area contributed by atoms with Gasteiger partial charge in [0.25, 0.3) is 0 Å². The van der Waals surface area contributed by atoms with Crippen LogP contribution in [0.1, 0.15) is 25.3 Å². The first-order chi connectivity index (χ1) is 5.74. The molecule has 0 saturated carbocycles. The van der Waals surface area contributed by atoms with Gasteiger partial charge >= 0.3 is 0 Å². The van der Waals surface area contributed by atoms with Gasteiger partial charge in [0, 0.05) is 6.20 Å². The lowest BCUT2D eigenvalue weighted by Crippen LogP contribution is -1.87. The third-order valence-electron chi connectivity index (χ3n) is 1.59.